The van der Waals surface area contributed by atoms with Gasteiger partial charge in [-0.15, -0.1) is 0 Å². The van der Waals surface area contributed by atoms with Crippen molar-refractivity contribution in [2.24, 2.45) is 0 Å². The minimum atomic E-state index is -1.13. The summed E-state index contributed by atoms with van der Waals surface area (Å²) in [4.78, 5) is 14.3. The zero-order valence-electron chi connectivity index (χ0n) is 8.18. The van der Waals surface area contributed by atoms with Gasteiger partial charge in [0.1, 0.15) is 12.1 Å². The van der Waals surface area contributed by atoms with E-state index in [2.05, 4.69) is 4.98 Å². The number of carboxylic acid groups (broad SMARTS) is 1. The topological polar surface area (TPSA) is 63.3 Å². The number of oxazole rings is 1. The van der Waals surface area contributed by atoms with Gasteiger partial charge in [0.15, 0.2) is 11.6 Å². The third-order valence-corrected chi connectivity index (χ3v) is 2.04. The Balaban J connectivity index is 2.14. The molecule has 0 radical (unpaired) electrons. The molecule has 1 heterocycles. The summed E-state index contributed by atoms with van der Waals surface area (Å²) < 4.78 is 17.6. The normalized spacial score (nSPS) is 10.3. The maximum atomic E-state index is 12.6. The Hall–Kier alpha value is -2.17. The molecule has 0 unspecified atom stereocenters. The van der Waals surface area contributed by atoms with Crippen LogP contribution in [0.5, 0.6) is 0 Å². The predicted octanol–water partition coefficient (Wildman–Crippen LogP) is 2.10. The van der Waals surface area contributed by atoms with Crippen LogP contribution in [-0.2, 0) is 6.42 Å². The molecule has 0 aliphatic carbocycles. The second-order valence-electron chi connectivity index (χ2n) is 3.23. The van der Waals surface area contributed by atoms with E-state index in [4.69, 9.17) is 9.52 Å². The second kappa shape index (κ2) is 4.14. The summed E-state index contributed by atoms with van der Waals surface area (Å²) in [6.45, 7) is 0. The fraction of sp³-hybridized carbons (Fsp3) is 0.0909. The van der Waals surface area contributed by atoms with E-state index < -0.39 is 5.97 Å². The van der Waals surface area contributed by atoms with E-state index in [1.54, 1.807) is 12.1 Å². The van der Waals surface area contributed by atoms with Gasteiger partial charge in [-0.2, -0.15) is 0 Å². The average molecular weight is 221 g/mol. The number of hydrogen-bond donors (Lipinski definition) is 1. The third kappa shape index (κ3) is 2.25. The van der Waals surface area contributed by atoms with Crippen molar-refractivity contribution in [3.05, 3.63) is 53.5 Å². The Bertz CT molecular complexity index is 504. The number of nitrogens with zero attached hydrogens (tertiary/aromatic N) is 1. The monoisotopic (exact) mass is 221 g/mol. The van der Waals surface area contributed by atoms with Gasteiger partial charge in [-0.1, -0.05) is 12.1 Å². The lowest BCUT2D eigenvalue weighted by Crippen LogP contribution is -1.97. The van der Waals surface area contributed by atoms with Crippen LogP contribution in [0.15, 0.2) is 34.9 Å². The smallest absolute Gasteiger partial charge is 0.357 e. The van der Waals surface area contributed by atoms with Gasteiger partial charge in [0, 0.05) is 6.42 Å². The van der Waals surface area contributed by atoms with E-state index in [-0.39, 0.29) is 11.5 Å². The maximum absolute atomic E-state index is 12.6. The van der Waals surface area contributed by atoms with Gasteiger partial charge < -0.3 is 9.52 Å². The molecule has 2 aromatic rings. The van der Waals surface area contributed by atoms with Crippen molar-refractivity contribution in [2.75, 3.05) is 0 Å². The quantitative estimate of drug-likeness (QED) is 0.862. The van der Waals surface area contributed by atoms with Crippen molar-refractivity contribution in [1.82, 2.24) is 4.98 Å². The first kappa shape index (κ1) is 10.4. The zero-order valence-corrected chi connectivity index (χ0v) is 8.18. The molecular formula is C11H8FNO3. The molecule has 0 saturated carbocycles. The van der Waals surface area contributed by atoms with Crippen LogP contribution in [0.1, 0.15) is 21.9 Å². The minimum Gasteiger partial charge on any atom is -0.476 e. The number of halogens is 1. The number of carboxylic acids is 1. The molecule has 0 saturated heterocycles. The first-order chi connectivity index (χ1) is 7.65. The van der Waals surface area contributed by atoms with Crippen molar-refractivity contribution in [1.29, 1.82) is 0 Å². The molecule has 1 N–H and O–H groups in total. The van der Waals surface area contributed by atoms with E-state index in [9.17, 15) is 9.18 Å². The molecule has 0 aliphatic rings. The van der Waals surface area contributed by atoms with Gasteiger partial charge in [-0.05, 0) is 17.7 Å². The van der Waals surface area contributed by atoms with Crippen molar-refractivity contribution >= 4 is 5.97 Å². The van der Waals surface area contributed by atoms with Gasteiger partial charge in [0.2, 0.25) is 0 Å². The average Bonchev–Trinajstić information content (AvgIpc) is 2.70. The number of aromatic nitrogens is 1. The van der Waals surface area contributed by atoms with E-state index in [0.29, 0.717) is 12.3 Å². The first-order valence-electron chi connectivity index (χ1n) is 4.57. The molecule has 4 nitrogen and oxygen atoms in total. The van der Waals surface area contributed by atoms with Crippen molar-refractivity contribution in [3.8, 4) is 0 Å². The van der Waals surface area contributed by atoms with E-state index in [1.807, 2.05) is 0 Å². The van der Waals surface area contributed by atoms with E-state index in [1.165, 1.54) is 12.1 Å². The van der Waals surface area contributed by atoms with Crippen LogP contribution in [0.2, 0.25) is 0 Å². The van der Waals surface area contributed by atoms with Crippen molar-refractivity contribution < 1.29 is 18.7 Å². The highest BCUT2D eigenvalue weighted by Gasteiger charge is 2.10. The summed E-state index contributed by atoms with van der Waals surface area (Å²) in [5.41, 5.74) is 0.678. The molecule has 0 aliphatic heterocycles. The summed E-state index contributed by atoms with van der Waals surface area (Å²) in [5.74, 6) is -1.15. The Morgan fingerprint density at radius 2 is 2.06 bits per heavy atom. The number of carbonyl (C=O) groups is 1. The number of benzene rings is 1. The SMILES string of the molecule is O=C(O)c1coc(Cc2ccc(F)cc2)n1. The number of rotatable bonds is 3. The molecule has 2 rings (SSSR count). The fourth-order valence-electron chi connectivity index (χ4n) is 1.27. The van der Waals surface area contributed by atoms with Crippen LogP contribution in [0, 0.1) is 5.82 Å². The molecule has 1 aromatic carbocycles. The molecule has 0 fully saturated rings. The van der Waals surface area contributed by atoms with Gasteiger partial charge in [-0.25, -0.2) is 14.2 Å². The minimum absolute atomic E-state index is 0.128. The molecule has 0 bridgehead atoms. The van der Waals surface area contributed by atoms with Crippen molar-refractivity contribution in [3.63, 3.8) is 0 Å². The van der Waals surface area contributed by atoms with Crippen molar-refractivity contribution in [2.45, 2.75) is 6.42 Å². The summed E-state index contributed by atoms with van der Waals surface area (Å²) in [6.07, 6.45) is 1.43. The van der Waals surface area contributed by atoms with Gasteiger partial charge in [-0.3, -0.25) is 0 Å². The lowest BCUT2D eigenvalue weighted by Gasteiger charge is -1.96. The van der Waals surface area contributed by atoms with Crippen LogP contribution in [-0.4, -0.2) is 16.1 Å². The number of hydrogen-bond acceptors (Lipinski definition) is 3. The van der Waals surface area contributed by atoms with Gasteiger partial charge in [0.05, 0.1) is 0 Å². The lowest BCUT2D eigenvalue weighted by molar-refractivity contribution is 0.0690. The highest BCUT2D eigenvalue weighted by molar-refractivity contribution is 5.84. The Kier molecular flexibility index (Phi) is 2.68. The van der Waals surface area contributed by atoms with Gasteiger partial charge >= 0.3 is 5.97 Å². The predicted molar refractivity (Wildman–Crippen MR) is 52.7 cm³/mol. The lowest BCUT2D eigenvalue weighted by atomic mass is 10.1. The summed E-state index contributed by atoms with van der Waals surface area (Å²) in [5, 5.41) is 8.63. The highest BCUT2D eigenvalue weighted by Crippen LogP contribution is 2.10. The third-order valence-electron chi connectivity index (χ3n) is 2.04. The fourth-order valence-corrected chi connectivity index (χ4v) is 1.27. The van der Waals surface area contributed by atoms with Gasteiger partial charge in [0.25, 0.3) is 0 Å². The highest BCUT2D eigenvalue weighted by atomic mass is 19.1. The van der Waals surface area contributed by atoms with E-state index in [0.717, 1.165) is 11.8 Å². The van der Waals surface area contributed by atoms with Crippen LogP contribution in [0.25, 0.3) is 0 Å². The maximum Gasteiger partial charge on any atom is 0.357 e. The Labute approximate surface area is 90.4 Å². The van der Waals surface area contributed by atoms with Crippen LogP contribution >= 0.6 is 0 Å². The second-order valence-corrected chi connectivity index (χ2v) is 3.23. The Morgan fingerprint density at radius 1 is 1.38 bits per heavy atom. The number of aromatic carboxylic acids is 1. The molecule has 0 atom stereocenters. The van der Waals surface area contributed by atoms with Crippen LogP contribution in [0.3, 0.4) is 0 Å². The molecule has 82 valence electrons. The molecule has 0 spiro atoms. The molecule has 5 heteroatoms. The zero-order chi connectivity index (χ0) is 11.5. The standard InChI is InChI=1S/C11H8FNO3/c12-8-3-1-7(2-4-8)5-10-13-9(6-16-10)11(14)15/h1-4,6H,5H2,(H,14,15). The Morgan fingerprint density at radius 3 is 2.62 bits per heavy atom. The summed E-state index contributed by atoms with van der Waals surface area (Å²) in [7, 11) is 0. The van der Waals surface area contributed by atoms with E-state index >= 15 is 0 Å². The van der Waals surface area contributed by atoms with Crippen LogP contribution in [0.4, 0.5) is 4.39 Å². The molecular weight excluding hydrogens is 213 g/mol. The molecule has 0 amide bonds. The summed E-state index contributed by atoms with van der Waals surface area (Å²) in [6, 6.07) is 5.85. The molecule has 1 aromatic heterocycles. The molecule has 16 heavy (non-hydrogen) atoms. The first-order valence-corrected chi connectivity index (χ1v) is 4.57. The largest absolute Gasteiger partial charge is 0.476 e. The van der Waals surface area contributed by atoms with Crippen LogP contribution < -0.4 is 0 Å². The summed E-state index contributed by atoms with van der Waals surface area (Å²) >= 11 is 0.